The van der Waals surface area contributed by atoms with Crippen molar-refractivity contribution < 1.29 is 34.2 Å². The van der Waals surface area contributed by atoms with Crippen molar-refractivity contribution in [3.05, 3.63) is 0 Å². The molecule has 0 heterocycles. The van der Waals surface area contributed by atoms with Gasteiger partial charge in [-0.15, -0.1) is 0 Å². The molecule has 10 nitrogen and oxygen atoms in total. The zero-order chi connectivity index (χ0) is 21.4. The fraction of sp³-hybridized carbons (Fsp3) is 0.643. The normalized spacial score (nSPS) is 11.9. The number of hydrogen-bond acceptors (Lipinski definition) is 8. The topological polar surface area (TPSA) is 162 Å². The van der Waals surface area contributed by atoms with Gasteiger partial charge in [-0.1, -0.05) is 21.6 Å². The van der Waals surface area contributed by atoms with Crippen LogP contribution in [0.2, 0.25) is 0 Å². The molecule has 0 fully saturated rings. The van der Waals surface area contributed by atoms with Gasteiger partial charge in [0, 0.05) is 44.6 Å². The first-order valence-corrected chi connectivity index (χ1v) is 10.7. The molecule has 27 heavy (non-hydrogen) atoms. The smallest absolute Gasteiger partial charge is 0.327 e. The van der Waals surface area contributed by atoms with E-state index >= 15 is 0 Å². The van der Waals surface area contributed by atoms with E-state index in [1.807, 2.05) is 0 Å². The van der Waals surface area contributed by atoms with Gasteiger partial charge in [-0.05, 0) is 0 Å². The van der Waals surface area contributed by atoms with Crippen LogP contribution in [-0.2, 0) is 24.0 Å². The highest BCUT2D eigenvalue weighted by Crippen LogP contribution is 2.21. The highest BCUT2D eigenvalue weighted by molar-refractivity contribution is 8.76. The van der Waals surface area contributed by atoms with Crippen LogP contribution < -0.4 is 16.0 Å². The number of nitrogens with one attached hydrogen (secondary N) is 3. The van der Waals surface area contributed by atoms with Crippen molar-refractivity contribution in [1.82, 2.24) is 16.0 Å². The van der Waals surface area contributed by atoms with E-state index in [0.717, 1.165) is 0 Å². The molecule has 156 valence electrons. The second-order valence-electron chi connectivity index (χ2n) is 4.95. The number of carbonyl (C=O) groups is 5. The molecular weight excluding hydrogens is 418 g/mol. The molecule has 0 aromatic carbocycles. The second kappa shape index (κ2) is 16.6. The lowest BCUT2D eigenvalue weighted by molar-refractivity contribution is -0.141. The lowest BCUT2D eigenvalue weighted by atomic mass is 10.3. The summed E-state index contributed by atoms with van der Waals surface area (Å²) in [5.41, 5.74) is 0. The standard InChI is InChI=1S/C9H16N2O4S2.C5H9NO3S/c1-6(12)10-3-4-16-17-5-8(9(14)15)11-7(2)13;1-3(7)6-4(2-10)5(8)9/h8H,3-5H2,1-2H3,(H,10,12)(H,11,13)(H,14,15);4,10H,2H2,1H3,(H,6,7)(H,8,9). The summed E-state index contributed by atoms with van der Waals surface area (Å²) in [6.07, 6.45) is 0. The Morgan fingerprint density at radius 1 is 0.852 bits per heavy atom. The van der Waals surface area contributed by atoms with Crippen molar-refractivity contribution in [3.63, 3.8) is 0 Å². The van der Waals surface area contributed by atoms with Gasteiger partial charge in [0.05, 0.1) is 0 Å². The van der Waals surface area contributed by atoms with Crippen molar-refractivity contribution in [2.45, 2.75) is 32.9 Å². The van der Waals surface area contributed by atoms with Crippen LogP contribution in [0.25, 0.3) is 0 Å². The highest BCUT2D eigenvalue weighted by atomic mass is 33.1. The quantitative estimate of drug-likeness (QED) is 0.142. The van der Waals surface area contributed by atoms with Crippen molar-refractivity contribution >= 4 is 63.9 Å². The maximum atomic E-state index is 10.7. The summed E-state index contributed by atoms with van der Waals surface area (Å²) in [6, 6.07) is -1.74. The molecule has 13 heteroatoms. The third kappa shape index (κ3) is 19.0. The summed E-state index contributed by atoms with van der Waals surface area (Å²) in [4.78, 5) is 52.5. The van der Waals surface area contributed by atoms with Gasteiger partial charge in [0.1, 0.15) is 12.1 Å². The third-order valence-electron chi connectivity index (χ3n) is 2.41. The van der Waals surface area contributed by atoms with Crippen molar-refractivity contribution in [2.75, 3.05) is 23.8 Å². The molecule has 5 N–H and O–H groups in total. The fourth-order valence-electron chi connectivity index (χ4n) is 1.29. The zero-order valence-corrected chi connectivity index (χ0v) is 17.7. The third-order valence-corrected chi connectivity index (χ3v) is 5.19. The molecule has 0 aliphatic carbocycles. The Bertz CT molecular complexity index is 520. The molecule has 0 rings (SSSR count). The van der Waals surface area contributed by atoms with E-state index in [1.165, 1.54) is 42.4 Å². The molecule has 0 bridgehead atoms. The van der Waals surface area contributed by atoms with Gasteiger partial charge in [0.2, 0.25) is 17.7 Å². The molecule has 0 aliphatic heterocycles. The first kappa shape index (κ1) is 27.6. The summed E-state index contributed by atoms with van der Waals surface area (Å²) >= 11 is 3.73. The molecular formula is C14H25N3O7S3. The van der Waals surface area contributed by atoms with Gasteiger partial charge in [0.25, 0.3) is 0 Å². The Labute approximate surface area is 170 Å². The maximum absolute atomic E-state index is 10.7. The first-order valence-electron chi connectivity index (χ1n) is 7.60. The largest absolute Gasteiger partial charge is 0.480 e. The first-order chi connectivity index (χ1) is 12.5. The Hall–Kier alpha value is -1.60. The van der Waals surface area contributed by atoms with E-state index in [0.29, 0.717) is 18.1 Å². The highest BCUT2D eigenvalue weighted by Gasteiger charge is 2.18. The minimum Gasteiger partial charge on any atom is -0.480 e. The molecule has 2 unspecified atom stereocenters. The van der Waals surface area contributed by atoms with E-state index in [2.05, 4.69) is 28.6 Å². The number of rotatable bonds is 11. The zero-order valence-electron chi connectivity index (χ0n) is 15.2. The molecule has 0 aliphatic rings. The molecule has 0 aromatic rings. The predicted octanol–water partition coefficient (Wildman–Crippen LogP) is -0.401. The van der Waals surface area contributed by atoms with Crippen LogP contribution in [0.5, 0.6) is 0 Å². The number of carboxylic acids is 2. The minimum atomic E-state index is -1.06. The summed E-state index contributed by atoms with van der Waals surface area (Å²) in [5, 5.41) is 24.4. The Balaban J connectivity index is 0. The number of aliphatic carboxylic acids is 2. The van der Waals surface area contributed by atoms with Crippen molar-refractivity contribution in [1.29, 1.82) is 0 Å². The van der Waals surface area contributed by atoms with Crippen LogP contribution in [0, 0.1) is 0 Å². The second-order valence-corrected chi connectivity index (χ2v) is 7.95. The molecule has 0 saturated heterocycles. The Morgan fingerprint density at radius 2 is 1.33 bits per heavy atom. The van der Waals surface area contributed by atoms with Gasteiger partial charge in [-0.3, -0.25) is 14.4 Å². The maximum Gasteiger partial charge on any atom is 0.327 e. The van der Waals surface area contributed by atoms with Gasteiger partial charge in [0.15, 0.2) is 0 Å². The Kier molecular flexibility index (Phi) is 16.9. The molecule has 0 radical (unpaired) electrons. The van der Waals surface area contributed by atoms with E-state index in [9.17, 15) is 24.0 Å². The summed E-state index contributed by atoms with van der Waals surface area (Å²) in [6.45, 7) is 4.53. The van der Waals surface area contributed by atoms with Crippen LogP contribution in [0.1, 0.15) is 20.8 Å². The lowest BCUT2D eigenvalue weighted by Gasteiger charge is -2.12. The van der Waals surface area contributed by atoms with Gasteiger partial charge in [-0.25, -0.2) is 9.59 Å². The van der Waals surface area contributed by atoms with E-state index in [-0.39, 0.29) is 23.5 Å². The van der Waals surface area contributed by atoms with Crippen LogP contribution in [0.15, 0.2) is 0 Å². The average Bonchev–Trinajstić information content (AvgIpc) is 2.54. The van der Waals surface area contributed by atoms with E-state index in [1.54, 1.807) is 0 Å². The number of amides is 3. The monoisotopic (exact) mass is 443 g/mol. The van der Waals surface area contributed by atoms with Gasteiger partial charge >= 0.3 is 11.9 Å². The van der Waals surface area contributed by atoms with Gasteiger partial charge < -0.3 is 26.2 Å². The molecule has 2 atom stereocenters. The summed E-state index contributed by atoms with van der Waals surface area (Å²) in [5.74, 6) is -1.83. The number of thiol groups is 1. The SMILES string of the molecule is CC(=O)NC(CS)C(=O)O.CC(=O)NCCSSCC(NC(C)=O)C(=O)O. The van der Waals surface area contributed by atoms with Crippen molar-refractivity contribution in [2.24, 2.45) is 0 Å². The summed E-state index contributed by atoms with van der Waals surface area (Å²) in [7, 11) is 2.81. The molecule has 3 amide bonds. The summed E-state index contributed by atoms with van der Waals surface area (Å²) < 4.78 is 0. The minimum absolute atomic E-state index is 0.0859. The predicted molar refractivity (Wildman–Crippen MR) is 108 cm³/mol. The van der Waals surface area contributed by atoms with Crippen LogP contribution in [-0.4, -0.2) is 75.8 Å². The van der Waals surface area contributed by atoms with Crippen LogP contribution in [0.4, 0.5) is 0 Å². The van der Waals surface area contributed by atoms with E-state index in [4.69, 9.17) is 10.2 Å². The fourth-order valence-corrected chi connectivity index (χ4v) is 3.60. The number of carboxylic acid groups (broad SMARTS) is 2. The van der Waals surface area contributed by atoms with Crippen LogP contribution in [0.3, 0.4) is 0 Å². The van der Waals surface area contributed by atoms with Crippen molar-refractivity contribution in [3.8, 4) is 0 Å². The average molecular weight is 444 g/mol. The number of carbonyl (C=O) groups excluding carboxylic acids is 3. The lowest BCUT2D eigenvalue weighted by Crippen LogP contribution is -2.41. The number of hydrogen-bond donors (Lipinski definition) is 6. The molecule has 0 spiro atoms. The molecule has 0 aromatic heterocycles. The molecule has 0 saturated carbocycles. The van der Waals surface area contributed by atoms with E-state index < -0.39 is 24.0 Å². The van der Waals surface area contributed by atoms with Gasteiger partial charge in [-0.2, -0.15) is 12.6 Å². The Morgan fingerprint density at radius 3 is 1.67 bits per heavy atom. The van der Waals surface area contributed by atoms with Crippen LogP contribution >= 0.6 is 34.2 Å².